The van der Waals surface area contributed by atoms with Crippen molar-refractivity contribution in [2.24, 2.45) is 0 Å². The van der Waals surface area contributed by atoms with Crippen LogP contribution in [0.2, 0.25) is 0 Å². The Morgan fingerprint density at radius 2 is 1.62 bits per heavy atom. The van der Waals surface area contributed by atoms with Crippen LogP contribution in [0.4, 0.5) is 20.2 Å². The molecule has 5 aromatic rings. The number of halogens is 2. The monoisotopic (exact) mass is 716 g/mol. The average molecular weight is 717 g/mol. The zero-order valence-corrected chi connectivity index (χ0v) is 29.1. The van der Waals surface area contributed by atoms with Crippen LogP contribution >= 0.6 is 0 Å². The summed E-state index contributed by atoms with van der Waals surface area (Å²) in [4.78, 5) is 21.7. The van der Waals surface area contributed by atoms with Crippen molar-refractivity contribution in [1.29, 1.82) is 0 Å². The fourth-order valence-electron chi connectivity index (χ4n) is 6.87. The Morgan fingerprint density at radius 1 is 0.942 bits per heavy atom. The van der Waals surface area contributed by atoms with Gasteiger partial charge in [0.05, 0.1) is 18.4 Å². The van der Waals surface area contributed by atoms with Gasteiger partial charge in [-0.15, -0.1) is 0 Å². The van der Waals surface area contributed by atoms with Gasteiger partial charge < -0.3 is 29.1 Å². The van der Waals surface area contributed by atoms with Crippen LogP contribution in [0.5, 0.6) is 5.75 Å². The van der Waals surface area contributed by atoms with Gasteiger partial charge in [0, 0.05) is 55.2 Å². The van der Waals surface area contributed by atoms with E-state index in [1.807, 2.05) is 55.5 Å². The molecule has 0 amide bonds. The van der Waals surface area contributed by atoms with Crippen molar-refractivity contribution >= 4 is 11.4 Å². The second kappa shape index (κ2) is 15.2. The van der Waals surface area contributed by atoms with Gasteiger partial charge >= 0.3 is 5.69 Å². The summed E-state index contributed by atoms with van der Waals surface area (Å²) in [6.07, 6.45) is 4.60. The summed E-state index contributed by atoms with van der Waals surface area (Å²) < 4.78 is 51.4. The lowest BCUT2D eigenvalue weighted by atomic mass is 10.0. The van der Waals surface area contributed by atoms with Crippen LogP contribution in [0, 0.1) is 11.6 Å². The van der Waals surface area contributed by atoms with Gasteiger partial charge in [-0.2, -0.15) is 14.9 Å². The zero-order valence-electron chi connectivity index (χ0n) is 29.1. The van der Waals surface area contributed by atoms with E-state index in [4.69, 9.17) is 14.2 Å². The predicted octanol–water partition coefficient (Wildman–Crippen LogP) is 4.30. The predicted molar refractivity (Wildman–Crippen MR) is 189 cm³/mol. The van der Waals surface area contributed by atoms with E-state index in [9.17, 15) is 18.7 Å². The molecule has 1 unspecified atom stereocenters. The summed E-state index contributed by atoms with van der Waals surface area (Å²) in [5.74, 6) is -2.33. The van der Waals surface area contributed by atoms with E-state index in [2.05, 4.69) is 25.0 Å². The molecular formula is C37H42F2N8O5. The first-order valence-electron chi connectivity index (χ1n) is 17.5. The van der Waals surface area contributed by atoms with Gasteiger partial charge in [0.1, 0.15) is 55.6 Å². The molecule has 2 aromatic heterocycles. The maximum atomic E-state index is 14.9. The Morgan fingerprint density at radius 3 is 2.23 bits per heavy atom. The number of benzene rings is 3. The maximum Gasteiger partial charge on any atom is 0.350 e. The van der Waals surface area contributed by atoms with E-state index >= 15 is 0 Å². The average Bonchev–Trinajstić information content (AvgIpc) is 3.91. The molecule has 7 rings (SSSR count). The summed E-state index contributed by atoms with van der Waals surface area (Å²) in [5.41, 5.74) is 2.71. The maximum absolute atomic E-state index is 14.9. The fourth-order valence-corrected chi connectivity index (χ4v) is 6.87. The molecule has 52 heavy (non-hydrogen) atoms. The molecule has 0 spiro atoms. The molecule has 0 aliphatic carbocycles. The molecule has 0 radical (unpaired) electrons. The van der Waals surface area contributed by atoms with Crippen LogP contribution < -0.4 is 20.2 Å². The summed E-state index contributed by atoms with van der Waals surface area (Å²) in [7, 11) is 0. The van der Waals surface area contributed by atoms with Crippen molar-refractivity contribution in [2.75, 3.05) is 49.2 Å². The van der Waals surface area contributed by atoms with Gasteiger partial charge in [-0.1, -0.05) is 6.92 Å². The summed E-state index contributed by atoms with van der Waals surface area (Å²) >= 11 is 0. The molecule has 2 aliphatic heterocycles. The highest BCUT2D eigenvalue weighted by Crippen LogP contribution is 2.38. The van der Waals surface area contributed by atoms with Gasteiger partial charge in [-0.3, -0.25) is 4.57 Å². The van der Waals surface area contributed by atoms with Gasteiger partial charge in [0.25, 0.3) is 0 Å². The summed E-state index contributed by atoms with van der Waals surface area (Å²) in [6, 6.07) is 18.9. The number of ether oxygens (including phenoxy) is 3. The standard InChI is InChI=1S/C37H42F2N8O5/c1-3-28(18-26(2)48)46-25-42-47(36(46)49)31-7-5-29(6-8-31)43-14-16-44(17-15-43)30-9-11-32(12-10-30)50-20-33-21-51-37(52-33,22-45-24-40-23-41-45)34-13-4-27(38)19-35(34)39/h4-13,19,23-26,28,33,48H,3,14-18,20-22H2,1-2H3/t26?,28-,33+,37+/m1/s1. The van der Waals surface area contributed by atoms with Crippen molar-refractivity contribution in [3.8, 4) is 11.4 Å². The minimum absolute atomic E-state index is 0.0264. The molecule has 1 N–H and O–H groups in total. The normalized spacial score (nSPS) is 20.3. The highest BCUT2D eigenvalue weighted by molar-refractivity contribution is 5.54. The minimum Gasteiger partial charge on any atom is -0.491 e. The third-order valence-electron chi connectivity index (χ3n) is 9.59. The van der Waals surface area contributed by atoms with Gasteiger partial charge in [-0.25, -0.2) is 23.2 Å². The quantitative estimate of drug-likeness (QED) is 0.189. The highest BCUT2D eigenvalue weighted by Gasteiger charge is 2.46. The van der Waals surface area contributed by atoms with E-state index in [1.54, 1.807) is 17.8 Å². The number of rotatable bonds is 13. The molecule has 13 nitrogen and oxygen atoms in total. The number of aliphatic hydroxyl groups is 1. The van der Waals surface area contributed by atoms with Crippen LogP contribution in [0.1, 0.15) is 38.3 Å². The lowest BCUT2D eigenvalue weighted by Crippen LogP contribution is -2.46. The molecule has 3 aromatic carbocycles. The number of hydrogen-bond acceptors (Lipinski definition) is 10. The molecule has 0 bridgehead atoms. The topological polar surface area (TPSA) is 125 Å². The van der Waals surface area contributed by atoms with Crippen molar-refractivity contribution in [2.45, 2.75) is 57.3 Å². The summed E-state index contributed by atoms with van der Waals surface area (Å²) in [5, 5.41) is 18.3. The van der Waals surface area contributed by atoms with Crippen LogP contribution in [0.15, 0.2) is 90.5 Å². The second-order valence-electron chi connectivity index (χ2n) is 13.2. The number of piperazine rings is 1. The first-order valence-corrected chi connectivity index (χ1v) is 17.5. The Balaban J connectivity index is 0.919. The third kappa shape index (κ3) is 7.56. The van der Waals surface area contributed by atoms with Crippen LogP contribution in [-0.2, 0) is 21.8 Å². The molecule has 2 fully saturated rings. The molecule has 274 valence electrons. The van der Waals surface area contributed by atoms with E-state index in [0.717, 1.165) is 50.0 Å². The van der Waals surface area contributed by atoms with Crippen molar-refractivity contribution in [1.82, 2.24) is 29.1 Å². The first-order chi connectivity index (χ1) is 25.2. The van der Waals surface area contributed by atoms with Crippen LogP contribution in [-0.4, -0.2) is 85.8 Å². The molecule has 4 atom stereocenters. The largest absolute Gasteiger partial charge is 0.491 e. The number of anilines is 2. The first kappa shape index (κ1) is 35.3. The second-order valence-corrected chi connectivity index (χ2v) is 13.2. The number of aromatic nitrogens is 6. The van der Waals surface area contributed by atoms with E-state index in [-0.39, 0.29) is 37.1 Å². The molecule has 2 aliphatic rings. The summed E-state index contributed by atoms with van der Waals surface area (Å²) in [6.45, 7) is 7.37. The fraction of sp³-hybridized carbons (Fsp3) is 0.405. The van der Waals surface area contributed by atoms with Crippen LogP contribution in [0.3, 0.4) is 0 Å². The van der Waals surface area contributed by atoms with Gasteiger partial charge in [0.2, 0.25) is 5.79 Å². The van der Waals surface area contributed by atoms with Crippen molar-refractivity contribution in [3.05, 3.63) is 113 Å². The highest BCUT2D eigenvalue weighted by atomic mass is 19.1. The lowest BCUT2D eigenvalue weighted by molar-refractivity contribution is -0.192. The lowest BCUT2D eigenvalue weighted by Gasteiger charge is -2.37. The van der Waals surface area contributed by atoms with Crippen molar-refractivity contribution in [3.63, 3.8) is 0 Å². The van der Waals surface area contributed by atoms with E-state index < -0.39 is 29.6 Å². The smallest absolute Gasteiger partial charge is 0.350 e. The molecule has 2 saturated heterocycles. The Bertz CT molecular complexity index is 1980. The van der Waals surface area contributed by atoms with Gasteiger partial charge in [0.15, 0.2) is 0 Å². The minimum atomic E-state index is -1.52. The number of nitrogens with zero attached hydrogens (tertiary/aromatic N) is 8. The molecule has 4 heterocycles. The van der Waals surface area contributed by atoms with Crippen molar-refractivity contribution < 1.29 is 28.1 Å². The molecule has 15 heteroatoms. The van der Waals surface area contributed by atoms with Gasteiger partial charge in [-0.05, 0) is 80.4 Å². The Kier molecular flexibility index (Phi) is 10.3. The molecule has 0 saturated carbocycles. The Labute approximate surface area is 299 Å². The zero-order chi connectivity index (χ0) is 36.2. The SMILES string of the molecule is CC[C@H](CC(C)O)n1cnn(-c2ccc(N3CCN(c4ccc(OC[C@H]5CO[C@](Cn6cncn6)(c6ccc(F)cc6F)O5)cc4)CC3)cc2)c1=O. The Hall–Kier alpha value is -5.12. The number of aliphatic hydroxyl groups excluding tert-OH is 1. The van der Waals surface area contributed by atoms with E-state index in [1.165, 1.54) is 34.2 Å². The molecular weight excluding hydrogens is 674 g/mol. The third-order valence-corrected chi connectivity index (χ3v) is 9.59. The number of hydrogen-bond donors (Lipinski definition) is 1. The van der Waals surface area contributed by atoms with E-state index in [0.29, 0.717) is 17.9 Å². The van der Waals surface area contributed by atoms with Crippen LogP contribution in [0.25, 0.3) is 5.69 Å².